The molecule has 1 aliphatic carbocycles. The number of benzene rings is 1. The molecule has 8 nitrogen and oxygen atoms in total. The van der Waals surface area contributed by atoms with Crippen LogP contribution in [-0.4, -0.2) is 45.8 Å². The average molecular weight is 446 g/mol. The lowest BCUT2D eigenvalue weighted by atomic mass is 10.1. The lowest BCUT2D eigenvalue weighted by Crippen LogP contribution is -2.19. The van der Waals surface area contributed by atoms with Crippen molar-refractivity contribution in [1.29, 1.82) is 0 Å². The maximum atomic E-state index is 12.9. The van der Waals surface area contributed by atoms with Crippen LogP contribution in [0.5, 0.6) is 0 Å². The van der Waals surface area contributed by atoms with Gasteiger partial charge < -0.3 is 5.32 Å². The second-order valence-electron chi connectivity index (χ2n) is 7.83. The predicted molar refractivity (Wildman–Crippen MR) is 113 cm³/mol. The molecule has 2 aliphatic rings. The van der Waals surface area contributed by atoms with Gasteiger partial charge in [0.1, 0.15) is 11.5 Å². The van der Waals surface area contributed by atoms with Gasteiger partial charge in [-0.1, -0.05) is 29.8 Å². The van der Waals surface area contributed by atoms with Gasteiger partial charge >= 0.3 is 0 Å². The van der Waals surface area contributed by atoms with E-state index in [-0.39, 0.29) is 29.1 Å². The van der Waals surface area contributed by atoms with E-state index in [0.717, 1.165) is 24.1 Å². The second kappa shape index (κ2) is 7.24. The van der Waals surface area contributed by atoms with Gasteiger partial charge in [0.2, 0.25) is 0 Å². The van der Waals surface area contributed by atoms with Crippen LogP contribution in [0.25, 0.3) is 11.3 Å². The summed E-state index contributed by atoms with van der Waals surface area (Å²) in [5.74, 6) is 0.718. The number of amides is 1. The molecule has 1 amide bonds. The summed E-state index contributed by atoms with van der Waals surface area (Å²) in [7, 11) is -3.07. The standard InChI is InChI=1S/C20H20ClN5O3S/c21-15-4-2-1-3-14(15)17-9-18(24-23-17)20(27)22-19-10-16(12-5-6-12)25-26(19)13-7-8-30(28,29)11-13/h1-4,9-10,12-13H,5-8,11H2,(H,22,27)(H,23,24). The van der Waals surface area contributed by atoms with Crippen molar-refractivity contribution in [2.24, 2.45) is 0 Å². The SMILES string of the molecule is O=C(Nc1cc(C2CC2)nn1C1CCS(=O)(=O)C1)c1cc(-c2ccccc2Cl)n[nH]1. The number of aromatic nitrogens is 4. The van der Waals surface area contributed by atoms with Crippen molar-refractivity contribution < 1.29 is 13.2 Å². The number of hydrogen-bond acceptors (Lipinski definition) is 5. The monoisotopic (exact) mass is 445 g/mol. The fraction of sp³-hybridized carbons (Fsp3) is 0.350. The molecule has 10 heteroatoms. The molecule has 0 radical (unpaired) electrons. The molecule has 1 unspecified atom stereocenters. The summed E-state index contributed by atoms with van der Waals surface area (Å²) >= 11 is 6.22. The van der Waals surface area contributed by atoms with Crippen molar-refractivity contribution >= 4 is 33.2 Å². The predicted octanol–water partition coefficient (Wildman–Crippen LogP) is 3.42. The largest absolute Gasteiger partial charge is 0.305 e. The van der Waals surface area contributed by atoms with E-state index in [9.17, 15) is 13.2 Å². The Morgan fingerprint density at radius 1 is 1.20 bits per heavy atom. The van der Waals surface area contributed by atoms with E-state index in [1.165, 1.54) is 0 Å². The quantitative estimate of drug-likeness (QED) is 0.625. The van der Waals surface area contributed by atoms with E-state index in [2.05, 4.69) is 20.6 Å². The normalized spacial score (nSPS) is 20.4. The topological polar surface area (TPSA) is 110 Å². The summed E-state index contributed by atoms with van der Waals surface area (Å²) < 4.78 is 25.5. The Kier molecular flexibility index (Phi) is 4.67. The Bertz CT molecular complexity index is 1230. The Morgan fingerprint density at radius 3 is 2.70 bits per heavy atom. The van der Waals surface area contributed by atoms with E-state index in [4.69, 9.17) is 11.6 Å². The Hall–Kier alpha value is -2.65. The highest BCUT2D eigenvalue weighted by Gasteiger charge is 2.34. The van der Waals surface area contributed by atoms with E-state index in [0.29, 0.717) is 28.9 Å². The molecule has 3 aromatic rings. The number of hydrogen-bond donors (Lipinski definition) is 2. The van der Waals surface area contributed by atoms with Gasteiger partial charge in [-0.25, -0.2) is 13.1 Å². The number of anilines is 1. The van der Waals surface area contributed by atoms with Gasteiger partial charge in [0.15, 0.2) is 9.84 Å². The van der Waals surface area contributed by atoms with Crippen LogP contribution >= 0.6 is 11.6 Å². The van der Waals surface area contributed by atoms with Gasteiger partial charge in [0.25, 0.3) is 5.91 Å². The molecule has 1 atom stereocenters. The molecular formula is C20H20ClN5O3S. The fourth-order valence-corrected chi connectivity index (χ4v) is 5.69. The number of carbonyl (C=O) groups is 1. The highest BCUT2D eigenvalue weighted by atomic mass is 35.5. The highest BCUT2D eigenvalue weighted by Crippen LogP contribution is 2.41. The smallest absolute Gasteiger partial charge is 0.274 e. The van der Waals surface area contributed by atoms with Gasteiger partial charge in [0.05, 0.1) is 34.0 Å². The molecule has 1 aromatic carbocycles. The minimum absolute atomic E-state index is 0.0440. The first-order valence-corrected chi connectivity index (χ1v) is 12.0. The van der Waals surface area contributed by atoms with Gasteiger partial charge in [-0.15, -0.1) is 0 Å². The first-order valence-electron chi connectivity index (χ1n) is 9.81. The zero-order valence-electron chi connectivity index (χ0n) is 16.0. The van der Waals surface area contributed by atoms with E-state index in [1.807, 2.05) is 24.3 Å². The third-order valence-corrected chi connectivity index (χ3v) is 7.60. The van der Waals surface area contributed by atoms with E-state index >= 15 is 0 Å². The number of sulfone groups is 1. The molecule has 1 saturated heterocycles. The summed E-state index contributed by atoms with van der Waals surface area (Å²) in [5.41, 5.74) is 2.48. The molecule has 2 aromatic heterocycles. The molecule has 30 heavy (non-hydrogen) atoms. The maximum Gasteiger partial charge on any atom is 0.274 e. The number of halogens is 1. The van der Waals surface area contributed by atoms with Crippen LogP contribution in [0.2, 0.25) is 5.02 Å². The number of nitrogens with zero attached hydrogens (tertiary/aromatic N) is 3. The van der Waals surface area contributed by atoms with Crippen molar-refractivity contribution in [3.63, 3.8) is 0 Å². The third-order valence-electron chi connectivity index (χ3n) is 5.52. The highest BCUT2D eigenvalue weighted by molar-refractivity contribution is 7.91. The van der Waals surface area contributed by atoms with Gasteiger partial charge in [0, 0.05) is 17.5 Å². The van der Waals surface area contributed by atoms with Crippen LogP contribution in [0.3, 0.4) is 0 Å². The first kappa shape index (κ1) is 19.3. The van der Waals surface area contributed by atoms with Crippen molar-refractivity contribution in [3.8, 4) is 11.3 Å². The molecular weight excluding hydrogens is 426 g/mol. The second-order valence-corrected chi connectivity index (χ2v) is 10.5. The van der Waals surface area contributed by atoms with E-state index < -0.39 is 9.84 Å². The van der Waals surface area contributed by atoms with Crippen molar-refractivity contribution in [1.82, 2.24) is 20.0 Å². The van der Waals surface area contributed by atoms with Crippen LogP contribution in [0.4, 0.5) is 5.82 Å². The van der Waals surface area contributed by atoms with Crippen LogP contribution in [0.1, 0.15) is 47.4 Å². The zero-order valence-corrected chi connectivity index (χ0v) is 17.6. The van der Waals surface area contributed by atoms with Gasteiger partial charge in [-0.3, -0.25) is 9.89 Å². The minimum atomic E-state index is -3.07. The molecule has 0 bridgehead atoms. The number of H-pyrrole nitrogens is 1. The van der Waals surface area contributed by atoms with Crippen LogP contribution in [-0.2, 0) is 9.84 Å². The lowest BCUT2D eigenvalue weighted by molar-refractivity contribution is 0.102. The summed E-state index contributed by atoms with van der Waals surface area (Å²) in [5, 5.41) is 15.0. The molecule has 3 heterocycles. The summed E-state index contributed by atoms with van der Waals surface area (Å²) in [6.07, 6.45) is 2.63. The lowest BCUT2D eigenvalue weighted by Gasteiger charge is -2.13. The van der Waals surface area contributed by atoms with Crippen molar-refractivity contribution in [2.75, 3.05) is 16.8 Å². The number of nitrogens with one attached hydrogen (secondary N) is 2. The van der Waals surface area contributed by atoms with Crippen LogP contribution in [0, 0.1) is 0 Å². The molecule has 1 aliphatic heterocycles. The molecule has 2 fully saturated rings. The summed E-state index contributed by atoms with van der Waals surface area (Å²) in [6.45, 7) is 0. The van der Waals surface area contributed by atoms with E-state index in [1.54, 1.807) is 16.8 Å². The summed E-state index contributed by atoms with van der Waals surface area (Å²) in [6, 6.07) is 10.5. The fourth-order valence-electron chi connectivity index (χ4n) is 3.76. The minimum Gasteiger partial charge on any atom is -0.305 e. The number of rotatable bonds is 5. The molecule has 1 saturated carbocycles. The first-order chi connectivity index (χ1) is 14.4. The Balaban J connectivity index is 1.40. The summed E-state index contributed by atoms with van der Waals surface area (Å²) in [4.78, 5) is 12.9. The third kappa shape index (κ3) is 3.75. The number of carbonyl (C=O) groups excluding carboxylic acids is 1. The van der Waals surface area contributed by atoms with Crippen LogP contribution < -0.4 is 5.32 Å². The molecule has 2 N–H and O–H groups in total. The Morgan fingerprint density at radius 2 is 2.00 bits per heavy atom. The number of aromatic amines is 1. The molecule has 0 spiro atoms. The van der Waals surface area contributed by atoms with Crippen molar-refractivity contribution in [3.05, 3.63) is 52.8 Å². The zero-order chi connectivity index (χ0) is 20.9. The average Bonchev–Trinajstić information content (AvgIpc) is 3.12. The van der Waals surface area contributed by atoms with Gasteiger partial charge in [-0.05, 0) is 31.4 Å². The molecule has 156 valence electrons. The van der Waals surface area contributed by atoms with Gasteiger partial charge in [-0.2, -0.15) is 10.2 Å². The molecule has 5 rings (SSSR count). The van der Waals surface area contributed by atoms with Crippen LogP contribution in [0.15, 0.2) is 36.4 Å². The maximum absolute atomic E-state index is 12.9. The van der Waals surface area contributed by atoms with Crippen molar-refractivity contribution in [2.45, 2.75) is 31.2 Å². The Labute approximate surface area is 178 Å².